The maximum absolute atomic E-state index is 12.9. The molecule has 2 aliphatic heterocycles. The van der Waals surface area contributed by atoms with Crippen LogP contribution in [0.5, 0.6) is 0 Å². The molecule has 8 nitrogen and oxygen atoms in total. The molecule has 3 aliphatic rings. The number of nitrogens with one attached hydrogen (secondary N) is 2. The highest BCUT2D eigenvalue weighted by Crippen LogP contribution is 2.54. The second kappa shape index (κ2) is 6.96. The molecule has 1 atom stereocenters. The molecule has 1 aliphatic carbocycles. The van der Waals surface area contributed by atoms with E-state index in [-0.39, 0.29) is 5.41 Å². The van der Waals surface area contributed by atoms with E-state index in [4.69, 9.17) is 5.11 Å². The molecule has 1 amide bonds. The third kappa shape index (κ3) is 3.09. The van der Waals surface area contributed by atoms with E-state index >= 15 is 0 Å². The van der Waals surface area contributed by atoms with Gasteiger partial charge >= 0.3 is 5.97 Å². The summed E-state index contributed by atoms with van der Waals surface area (Å²) in [4.78, 5) is 36.8. The van der Waals surface area contributed by atoms with Crippen molar-refractivity contribution in [2.45, 2.75) is 52.0 Å². The Morgan fingerprint density at radius 1 is 1.38 bits per heavy atom. The fraction of sp³-hybridized carbons (Fsp3) is 0.588. The number of hydrogen-bond acceptors (Lipinski definition) is 7. The van der Waals surface area contributed by atoms with E-state index < -0.39 is 41.7 Å². The van der Waals surface area contributed by atoms with Crippen LogP contribution >= 0.6 is 11.9 Å². The molecule has 0 aromatic rings. The van der Waals surface area contributed by atoms with Crippen molar-refractivity contribution in [2.75, 3.05) is 6.54 Å². The number of fused-ring (bicyclic) bond motifs is 2. The van der Waals surface area contributed by atoms with Crippen LogP contribution in [0, 0.1) is 5.41 Å². The van der Waals surface area contributed by atoms with Crippen molar-refractivity contribution < 1.29 is 24.6 Å². The number of aliphatic hydroxyl groups is 1. The first-order valence-corrected chi connectivity index (χ1v) is 9.52. The van der Waals surface area contributed by atoms with Crippen LogP contribution in [0.2, 0.25) is 0 Å². The fourth-order valence-electron chi connectivity index (χ4n) is 3.86. The van der Waals surface area contributed by atoms with Crippen LogP contribution in [0.15, 0.2) is 21.9 Å². The van der Waals surface area contributed by atoms with Crippen LogP contribution in [0.1, 0.15) is 46.0 Å². The Kier molecular flexibility index (Phi) is 5.03. The molecule has 0 fully saturated rings. The molecule has 0 radical (unpaired) electrons. The maximum Gasteiger partial charge on any atom is 0.322 e. The average Bonchev–Trinajstić information content (AvgIpc) is 2.96. The van der Waals surface area contributed by atoms with Gasteiger partial charge in [-0.05, 0) is 42.2 Å². The van der Waals surface area contributed by atoms with Gasteiger partial charge in [0.05, 0.1) is 0 Å². The summed E-state index contributed by atoms with van der Waals surface area (Å²) in [5.41, 5.74) is 3.53. The summed E-state index contributed by atoms with van der Waals surface area (Å²) in [5, 5.41) is 20.9. The van der Waals surface area contributed by atoms with Crippen molar-refractivity contribution in [3.8, 4) is 0 Å². The number of hydrogen-bond donors (Lipinski definition) is 4. The van der Waals surface area contributed by atoms with Gasteiger partial charge in [-0.1, -0.05) is 26.7 Å². The number of hydrazine groups is 1. The van der Waals surface area contributed by atoms with Gasteiger partial charge in [0.2, 0.25) is 5.88 Å². The topological polar surface area (TPSA) is 119 Å². The Morgan fingerprint density at radius 2 is 2.08 bits per heavy atom. The summed E-state index contributed by atoms with van der Waals surface area (Å²) in [7, 11) is 0. The molecule has 0 saturated heterocycles. The van der Waals surface area contributed by atoms with Crippen molar-refractivity contribution in [1.82, 2.24) is 15.2 Å². The minimum atomic E-state index is -1.22. The van der Waals surface area contributed by atoms with Gasteiger partial charge in [0.1, 0.15) is 18.2 Å². The van der Waals surface area contributed by atoms with E-state index in [1.807, 2.05) is 0 Å². The Balaban J connectivity index is 1.84. The third-order valence-electron chi connectivity index (χ3n) is 5.67. The van der Waals surface area contributed by atoms with Gasteiger partial charge in [-0.2, -0.15) is 0 Å². The van der Waals surface area contributed by atoms with E-state index in [1.165, 1.54) is 11.9 Å². The van der Waals surface area contributed by atoms with E-state index in [2.05, 4.69) is 24.6 Å². The first-order chi connectivity index (χ1) is 12.3. The second-order valence-corrected chi connectivity index (χ2v) is 8.00. The molecule has 9 heteroatoms. The second-order valence-electron chi connectivity index (χ2n) is 6.93. The molecule has 0 aromatic carbocycles. The minimum absolute atomic E-state index is 0.237. The smallest absolute Gasteiger partial charge is 0.322 e. The van der Waals surface area contributed by atoms with Crippen molar-refractivity contribution in [3.05, 3.63) is 21.9 Å². The molecule has 2 heterocycles. The largest absolute Gasteiger partial charge is 0.493 e. The first-order valence-electron chi connectivity index (χ1n) is 8.75. The molecule has 142 valence electrons. The fourth-order valence-corrected chi connectivity index (χ4v) is 5.26. The van der Waals surface area contributed by atoms with E-state index in [0.29, 0.717) is 0 Å². The summed E-state index contributed by atoms with van der Waals surface area (Å²) >= 11 is 1.41. The highest BCUT2D eigenvalue weighted by molar-refractivity contribution is 8.01. The molecule has 1 unspecified atom stereocenters. The third-order valence-corrected chi connectivity index (χ3v) is 6.79. The van der Waals surface area contributed by atoms with Crippen LogP contribution < -0.4 is 10.7 Å². The maximum atomic E-state index is 12.9. The summed E-state index contributed by atoms with van der Waals surface area (Å²) in [6, 6.07) is -0.636. The molecular formula is C17H23N3O5S. The number of aliphatic carboxylic acids is 1. The van der Waals surface area contributed by atoms with Gasteiger partial charge < -0.3 is 15.5 Å². The zero-order chi connectivity index (χ0) is 19.1. The Bertz CT molecular complexity index is 726. The van der Waals surface area contributed by atoms with E-state index in [0.717, 1.165) is 42.6 Å². The Hall–Kier alpha value is -2.00. The van der Waals surface area contributed by atoms with Crippen LogP contribution in [0.4, 0.5) is 0 Å². The Morgan fingerprint density at radius 3 is 2.69 bits per heavy atom. The lowest BCUT2D eigenvalue weighted by Crippen LogP contribution is -2.51. The SMILES string of the molecule is CCC1(CC)CCC2=C(C1)SN1NC(O)=C(C(=O)NCC(=O)O)C(=O)C21. The minimum Gasteiger partial charge on any atom is -0.493 e. The van der Waals surface area contributed by atoms with Crippen molar-refractivity contribution in [3.63, 3.8) is 0 Å². The standard InChI is InChI=1S/C17H23N3O5S/c1-3-17(4-2)6-5-9-10(7-17)26-20-13(9)14(23)12(16(25)19-20)15(24)18-8-11(21)22/h13,19,25H,3-8H2,1-2H3,(H,18,24)(H,21,22). The first kappa shape index (κ1) is 18.8. The number of aliphatic hydroxyl groups excluding tert-OH is 1. The Labute approximate surface area is 155 Å². The molecule has 0 bridgehead atoms. The predicted octanol–water partition coefficient (Wildman–Crippen LogP) is 1.62. The van der Waals surface area contributed by atoms with Gasteiger partial charge in [-0.15, -0.1) is 4.41 Å². The average molecular weight is 381 g/mol. The number of allylic oxidation sites excluding steroid dienone is 1. The van der Waals surface area contributed by atoms with Crippen molar-refractivity contribution in [2.24, 2.45) is 5.41 Å². The zero-order valence-corrected chi connectivity index (χ0v) is 15.6. The molecule has 0 saturated carbocycles. The van der Waals surface area contributed by atoms with E-state index in [9.17, 15) is 19.5 Å². The lowest BCUT2D eigenvalue weighted by atomic mass is 9.70. The molecule has 26 heavy (non-hydrogen) atoms. The number of carbonyl (C=O) groups is 3. The monoisotopic (exact) mass is 381 g/mol. The summed E-state index contributed by atoms with van der Waals surface area (Å²) in [6.07, 6.45) is 4.80. The van der Waals surface area contributed by atoms with Crippen LogP contribution in [0.25, 0.3) is 0 Å². The van der Waals surface area contributed by atoms with Gasteiger partial charge in [-0.3, -0.25) is 19.8 Å². The highest BCUT2D eigenvalue weighted by atomic mass is 32.2. The number of carboxylic acids is 1. The quantitative estimate of drug-likeness (QED) is 0.419. The lowest BCUT2D eigenvalue weighted by molar-refractivity contribution is -0.138. The summed E-state index contributed by atoms with van der Waals surface area (Å²) in [6.45, 7) is 3.75. The number of carbonyl (C=O) groups excluding carboxylic acids is 2. The molecule has 0 aromatic heterocycles. The number of amides is 1. The van der Waals surface area contributed by atoms with Crippen molar-refractivity contribution >= 4 is 29.6 Å². The van der Waals surface area contributed by atoms with Gasteiger partial charge in [0, 0.05) is 4.91 Å². The number of rotatable bonds is 5. The number of ketones is 1. The summed E-state index contributed by atoms with van der Waals surface area (Å²) in [5.74, 6) is -3.14. The molecule has 3 rings (SSSR count). The van der Waals surface area contributed by atoms with Gasteiger partial charge in [-0.25, -0.2) is 0 Å². The van der Waals surface area contributed by atoms with Gasteiger partial charge in [0.25, 0.3) is 5.91 Å². The normalized spacial score (nSPS) is 24.8. The molecular weight excluding hydrogens is 358 g/mol. The van der Waals surface area contributed by atoms with Crippen LogP contribution in [-0.2, 0) is 14.4 Å². The van der Waals surface area contributed by atoms with Crippen molar-refractivity contribution in [1.29, 1.82) is 0 Å². The van der Waals surface area contributed by atoms with E-state index in [1.54, 1.807) is 4.41 Å². The number of carboxylic acid groups (broad SMARTS) is 1. The number of nitrogens with zero attached hydrogens (tertiary/aromatic N) is 1. The van der Waals surface area contributed by atoms with Crippen LogP contribution in [0.3, 0.4) is 0 Å². The summed E-state index contributed by atoms with van der Waals surface area (Å²) < 4.78 is 1.59. The number of Topliss-reactive ketones (excluding diaryl/α,β-unsaturated/α-hetero) is 1. The van der Waals surface area contributed by atoms with Crippen LogP contribution in [-0.4, -0.2) is 44.9 Å². The zero-order valence-electron chi connectivity index (χ0n) is 14.8. The van der Waals surface area contributed by atoms with Gasteiger partial charge in [0.15, 0.2) is 5.78 Å². The molecule has 4 N–H and O–H groups in total. The highest BCUT2D eigenvalue weighted by Gasteiger charge is 2.49. The predicted molar refractivity (Wildman–Crippen MR) is 95.6 cm³/mol. The lowest BCUT2D eigenvalue weighted by Gasteiger charge is -2.36. The molecule has 0 spiro atoms.